The van der Waals surface area contributed by atoms with Gasteiger partial charge in [-0.05, 0) is 67.4 Å². The molecular weight excluding hydrogens is 530 g/mol. The molecule has 9 nitrogen and oxygen atoms in total. The fraction of sp³-hybridized carbons (Fsp3) is 0.364. The molecule has 42 heavy (non-hydrogen) atoms. The van der Waals surface area contributed by atoms with Crippen molar-refractivity contribution >= 4 is 29.2 Å². The molecule has 0 saturated carbocycles. The number of rotatable bonds is 10. The molecule has 0 unspecified atom stereocenters. The van der Waals surface area contributed by atoms with Gasteiger partial charge in [-0.15, -0.1) is 0 Å². The number of hydrogen-bond donors (Lipinski definition) is 2. The molecule has 9 heteroatoms. The van der Waals surface area contributed by atoms with Gasteiger partial charge in [-0.2, -0.15) is 0 Å². The second-order valence-electron chi connectivity index (χ2n) is 10.8. The predicted molar refractivity (Wildman–Crippen MR) is 167 cm³/mol. The summed E-state index contributed by atoms with van der Waals surface area (Å²) in [4.78, 5) is 44.2. The van der Waals surface area contributed by atoms with Crippen molar-refractivity contribution in [1.82, 2.24) is 15.1 Å². The van der Waals surface area contributed by atoms with Crippen LogP contribution in [0, 0.1) is 0 Å². The average molecular weight is 572 g/mol. The fourth-order valence-electron chi connectivity index (χ4n) is 4.83. The normalized spacial score (nSPS) is 13.5. The monoisotopic (exact) mass is 571 g/mol. The minimum absolute atomic E-state index is 0.0419. The van der Waals surface area contributed by atoms with Crippen LogP contribution in [0.1, 0.15) is 52.5 Å². The van der Waals surface area contributed by atoms with Gasteiger partial charge >= 0.3 is 6.03 Å². The van der Waals surface area contributed by atoms with E-state index in [9.17, 15) is 14.4 Å². The van der Waals surface area contributed by atoms with Crippen LogP contribution in [0.2, 0.25) is 0 Å². The van der Waals surface area contributed by atoms with Crippen molar-refractivity contribution in [3.63, 3.8) is 0 Å². The Labute approximate surface area is 248 Å². The van der Waals surface area contributed by atoms with Gasteiger partial charge in [0, 0.05) is 56.6 Å². The molecule has 0 radical (unpaired) electrons. The number of carbonyl (C=O) groups excluding carboxylic acids is 3. The number of likely N-dealkylation sites (N-methyl/N-ethyl adjacent to an activating group) is 1. The minimum Gasteiger partial charge on any atom is -0.491 e. The summed E-state index contributed by atoms with van der Waals surface area (Å²) in [5.74, 6) is 0.433. The molecule has 0 bridgehead atoms. The van der Waals surface area contributed by atoms with E-state index in [-0.39, 0.29) is 23.8 Å². The highest BCUT2D eigenvalue weighted by Crippen LogP contribution is 2.29. The topological polar surface area (TPSA) is 94.2 Å². The van der Waals surface area contributed by atoms with Gasteiger partial charge in [-0.25, -0.2) is 4.79 Å². The number of nitrogens with zero attached hydrogens (tertiary/aromatic N) is 3. The van der Waals surface area contributed by atoms with E-state index in [0.29, 0.717) is 47.8 Å². The first-order chi connectivity index (χ1) is 20.2. The van der Waals surface area contributed by atoms with Gasteiger partial charge in [-0.1, -0.05) is 44.2 Å². The number of para-hydroxylation sites is 2. The SMILES string of the molecule is CC(C)c1ccccc1C(=O)Nc1ccc(C(=O)N(C)c2ccccc2OCCCNC(=O)N2CCN(C)CC2)cc1. The van der Waals surface area contributed by atoms with E-state index in [0.717, 1.165) is 31.7 Å². The molecule has 0 aliphatic carbocycles. The van der Waals surface area contributed by atoms with Crippen LogP contribution in [0.5, 0.6) is 5.75 Å². The lowest BCUT2D eigenvalue weighted by atomic mass is 9.97. The third kappa shape index (κ3) is 7.88. The van der Waals surface area contributed by atoms with Crippen LogP contribution in [0.15, 0.2) is 72.8 Å². The first kappa shape index (κ1) is 30.6. The lowest BCUT2D eigenvalue weighted by Crippen LogP contribution is -2.50. The summed E-state index contributed by atoms with van der Waals surface area (Å²) >= 11 is 0. The van der Waals surface area contributed by atoms with Crippen LogP contribution >= 0.6 is 0 Å². The highest BCUT2D eigenvalue weighted by Gasteiger charge is 2.20. The Morgan fingerprint density at radius 1 is 0.905 bits per heavy atom. The van der Waals surface area contributed by atoms with Crippen LogP contribution in [-0.4, -0.2) is 81.1 Å². The van der Waals surface area contributed by atoms with Crippen molar-refractivity contribution in [3.05, 3.63) is 89.5 Å². The summed E-state index contributed by atoms with van der Waals surface area (Å²) < 4.78 is 6.00. The molecule has 4 amide bonds. The lowest BCUT2D eigenvalue weighted by molar-refractivity contribution is 0.0990. The van der Waals surface area contributed by atoms with Crippen molar-refractivity contribution in [1.29, 1.82) is 0 Å². The number of anilines is 2. The number of carbonyl (C=O) groups is 3. The molecule has 2 N–H and O–H groups in total. The molecule has 3 aromatic carbocycles. The molecule has 0 aromatic heterocycles. The second-order valence-corrected chi connectivity index (χ2v) is 10.8. The maximum atomic E-state index is 13.3. The molecule has 1 aliphatic heterocycles. The van der Waals surface area contributed by atoms with Gasteiger partial charge in [0.2, 0.25) is 0 Å². The van der Waals surface area contributed by atoms with E-state index in [1.807, 2.05) is 53.4 Å². The van der Waals surface area contributed by atoms with E-state index in [2.05, 4.69) is 36.4 Å². The van der Waals surface area contributed by atoms with E-state index in [1.54, 1.807) is 36.2 Å². The van der Waals surface area contributed by atoms with Gasteiger partial charge in [0.25, 0.3) is 11.8 Å². The fourth-order valence-corrected chi connectivity index (χ4v) is 4.83. The zero-order valence-electron chi connectivity index (χ0n) is 24.9. The number of hydrogen-bond acceptors (Lipinski definition) is 5. The minimum atomic E-state index is -0.200. The van der Waals surface area contributed by atoms with Crippen LogP contribution in [0.25, 0.3) is 0 Å². The van der Waals surface area contributed by atoms with Crippen LogP contribution < -0.4 is 20.3 Å². The molecule has 1 aliphatic rings. The zero-order valence-corrected chi connectivity index (χ0v) is 24.9. The van der Waals surface area contributed by atoms with Gasteiger partial charge in [0.05, 0.1) is 12.3 Å². The first-order valence-corrected chi connectivity index (χ1v) is 14.5. The number of amides is 4. The Balaban J connectivity index is 1.30. The molecular formula is C33H41N5O4. The molecule has 1 fully saturated rings. The van der Waals surface area contributed by atoms with Crippen LogP contribution in [0.4, 0.5) is 16.2 Å². The van der Waals surface area contributed by atoms with Crippen molar-refractivity contribution in [3.8, 4) is 5.75 Å². The molecule has 0 spiro atoms. The summed E-state index contributed by atoms with van der Waals surface area (Å²) in [5, 5.41) is 5.90. The Morgan fingerprint density at radius 3 is 2.29 bits per heavy atom. The number of ether oxygens (including phenoxy) is 1. The molecule has 0 atom stereocenters. The predicted octanol–water partition coefficient (Wildman–Crippen LogP) is 5.06. The third-order valence-electron chi connectivity index (χ3n) is 7.39. The summed E-state index contributed by atoms with van der Waals surface area (Å²) in [6, 6.07) is 21.8. The summed E-state index contributed by atoms with van der Waals surface area (Å²) in [6.07, 6.45) is 0.639. The zero-order chi connectivity index (χ0) is 30.1. The Bertz CT molecular complexity index is 1370. The van der Waals surface area contributed by atoms with Crippen molar-refractivity contribution in [2.45, 2.75) is 26.2 Å². The average Bonchev–Trinajstić information content (AvgIpc) is 3.01. The van der Waals surface area contributed by atoms with Crippen molar-refractivity contribution in [2.24, 2.45) is 0 Å². The number of benzene rings is 3. The standard InChI is InChI=1S/C33H41N5O4/c1-24(2)27-10-5-6-11-28(27)31(39)35-26-16-14-25(15-17-26)32(40)37(4)29-12-7-8-13-30(29)42-23-9-18-34-33(41)38-21-19-36(3)20-22-38/h5-8,10-17,24H,9,18-23H2,1-4H3,(H,34,41)(H,35,39). The first-order valence-electron chi connectivity index (χ1n) is 14.5. The quantitative estimate of drug-likeness (QED) is 0.332. The molecule has 4 rings (SSSR count). The van der Waals surface area contributed by atoms with Crippen molar-refractivity contribution < 1.29 is 19.1 Å². The number of urea groups is 1. The Hall–Kier alpha value is -4.37. The number of nitrogens with one attached hydrogen (secondary N) is 2. The second kappa shape index (κ2) is 14.5. The molecule has 3 aromatic rings. The highest BCUT2D eigenvalue weighted by atomic mass is 16.5. The highest BCUT2D eigenvalue weighted by molar-refractivity contribution is 6.08. The molecule has 1 saturated heterocycles. The van der Waals surface area contributed by atoms with Gasteiger partial charge in [0.15, 0.2) is 0 Å². The van der Waals surface area contributed by atoms with E-state index in [4.69, 9.17) is 4.74 Å². The lowest BCUT2D eigenvalue weighted by Gasteiger charge is -2.32. The van der Waals surface area contributed by atoms with E-state index < -0.39 is 0 Å². The van der Waals surface area contributed by atoms with Crippen LogP contribution in [-0.2, 0) is 0 Å². The third-order valence-corrected chi connectivity index (χ3v) is 7.39. The van der Waals surface area contributed by atoms with E-state index in [1.165, 1.54) is 0 Å². The van der Waals surface area contributed by atoms with Gasteiger partial charge < -0.3 is 30.1 Å². The van der Waals surface area contributed by atoms with Gasteiger partial charge in [0.1, 0.15) is 5.75 Å². The largest absolute Gasteiger partial charge is 0.491 e. The van der Waals surface area contributed by atoms with E-state index >= 15 is 0 Å². The Kier molecular flexibility index (Phi) is 10.6. The van der Waals surface area contributed by atoms with Crippen LogP contribution in [0.3, 0.4) is 0 Å². The molecule has 1 heterocycles. The Morgan fingerprint density at radius 2 is 1.57 bits per heavy atom. The summed E-state index contributed by atoms with van der Waals surface area (Å²) in [6.45, 7) is 8.25. The van der Waals surface area contributed by atoms with Gasteiger partial charge in [-0.3, -0.25) is 9.59 Å². The maximum absolute atomic E-state index is 13.3. The smallest absolute Gasteiger partial charge is 0.317 e. The molecule has 222 valence electrons. The summed E-state index contributed by atoms with van der Waals surface area (Å²) in [5.41, 5.74) is 3.37. The number of piperazine rings is 1. The maximum Gasteiger partial charge on any atom is 0.317 e. The summed E-state index contributed by atoms with van der Waals surface area (Å²) in [7, 11) is 3.76. The van der Waals surface area contributed by atoms with Crippen molar-refractivity contribution in [2.75, 3.05) is 63.6 Å².